The fourth-order valence-corrected chi connectivity index (χ4v) is 6.02. The van der Waals surface area contributed by atoms with Crippen molar-refractivity contribution in [3.8, 4) is 28.1 Å². The number of nitrogens with zero attached hydrogens (tertiary/aromatic N) is 1. The van der Waals surface area contributed by atoms with Gasteiger partial charge in [0, 0.05) is 36.5 Å². The highest BCUT2D eigenvalue weighted by Crippen LogP contribution is 2.42. The summed E-state index contributed by atoms with van der Waals surface area (Å²) >= 11 is 0. The molecule has 10 nitrogen and oxygen atoms in total. The maximum atomic E-state index is 14.4. The van der Waals surface area contributed by atoms with E-state index in [-0.39, 0.29) is 37.3 Å². The molecule has 4 aromatic rings. The Hall–Kier alpha value is -4.55. The number of halogens is 1. The van der Waals surface area contributed by atoms with Crippen LogP contribution in [0.2, 0.25) is 0 Å². The van der Waals surface area contributed by atoms with Crippen molar-refractivity contribution in [1.82, 2.24) is 4.57 Å². The number of benzene rings is 3. The molecule has 268 valence electrons. The third-order valence-electron chi connectivity index (χ3n) is 8.28. The molecule has 0 radical (unpaired) electrons. The lowest BCUT2D eigenvalue weighted by Gasteiger charge is -2.20. The quantitative estimate of drug-likeness (QED) is 0.0704. The van der Waals surface area contributed by atoms with E-state index in [0.29, 0.717) is 65.7 Å². The van der Waals surface area contributed by atoms with Gasteiger partial charge in [0.1, 0.15) is 11.6 Å². The van der Waals surface area contributed by atoms with Gasteiger partial charge >= 0.3 is 5.97 Å². The maximum absolute atomic E-state index is 14.4. The van der Waals surface area contributed by atoms with Crippen LogP contribution in [0.1, 0.15) is 68.4 Å². The monoisotopic (exact) mass is 689 g/mol. The second kappa shape index (κ2) is 18.4. The second-order valence-electron chi connectivity index (χ2n) is 12.7. The molecule has 3 atom stereocenters. The van der Waals surface area contributed by atoms with E-state index < -0.39 is 30.4 Å². The van der Waals surface area contributed by atoms with Crippen LogP contribution in [0.3, 0.4) is 0 Å². The van der Waals surface area contributed by atoms with Crippen molar-refractivity contribution in [3.63, 3.8) is 0 Å². The first kappa shape index (κ1) is 38.3. The lowest BCUT2D eigenvalue weighted by atomic mass is 9.94. The molecule has 0 aliphatic rings. The molecule has 0 saturated heterocycles. The average molecular weight is 690 g/mol. The minimum atomic E-state index is -1.20. The first-order chi connectivity index (χ1) is 24.0. The minimum absolute atomic E-state index is 0.0844. The molecule has 0 spiro atoms. The number of hydrogen-bond donors (Lipinski definition) is 5. The van der Waals surface area contributed by atoms with Gasteiger partial charge < -0.3 is 40.4 Å². The molecule has 1 amide bonds. The molecule has 11 heteroatoms. The van der Waals surface area contributed by atoms with E-state index in [1.165, 1.54) is 12.1 Å². The number of aliphatic carboxylic acids is 1. The zero-order chi connectivity index (χ0) is 36.2. The van der Waals surface area contributed by atoms with Crippen LogP contribution in [-0.2, 0) is 16.1 Å². The number of carbonyl (C=O) groups is 2. The number of hydrogen-bond acceptors (Lipinski definition) is 7. The van der Waals surface area contributed by atoms with Crippen LogP contribution in [0.4, 0.5) is 10.1 Å². The largest absolute Gasteiger partial charge is 0.491 e. The zero-order valence-corrected chi connectivity index (χ0v) is 28.8. The molecule has 0 bridgehead atoms. The van der Waals surface area contributed by atoms with E-state index in [1.54, 1.807) is 36.4 Å². The number of carboxylic acid groups (broad SMARTS) is 1. The zero-order valence-electron chi connectivity index (χ0n) is 28.8. The number of amides is 1. The normalized spacial score (nSPS) is 13.2. The van der Waals surface area contributed by atoms with Gasteiger partial charge in [-0.3, -0.25) is 9.59 Å². The predicted molar refractivity (Wildman–Crippen MR) is 192 cm³/mol. The number of aliphatic hydroxyl groups is 2. The highest BCUT2D eigenvalue weighted by molar-refractivity contribution is 6.12. The van der Waals surface area contributed by atoms with Crippen molar-refractivity contribution >= 4 is 17.6 Å². The van der Waals surface area contributed by atoms with Crippen LogP contribution in [0.25, 0.3) is 22.4 Å². The summed E-state index contributed by atoms with van der Waals surface area (Å²) in [6, 6.07) is 22.7. The number of aliphatic hydroxyl groups excluding tert-OH is 2. The summed E-state index contributed by atoms with van der Waals surface area (Å²) in [7, 11) is 0. The number of nitrogens with one attached hydrogen (secondary N) is 1. The van der Waals surface area contributed by atoms with Crippen LogP contribution >= 0.6 is 0 Å². The molecule has 6 N–H and O–H groups in total. The van der Waals surface area contributed by atoms with Crippen molar-refractivity contribution in [1.29, 1.82) is 0 Å². The molecule has 0 aliphatic carbocycles. The molecule has 1 aromatic heterocycles. The average Bonchev–Trinajstić information content (AvgIpc) is 3.42. The third-order valence-corrected chi connectivity index (χ3v) is 8.28. The maximum Gasteiger partial charge on any atom is 0.305 e. The van der Waals surface area contributed by atoms with E-state index in [9.17, 15) is 24.2 Å². The Morgan fingerprint density at radius 1 is 0.880 bits per heavy atom. The highest BCUT2D eigenvalue weighted by atomic mass is 19.1. The highest BCUT2D eigenvalue weighted by Gasteiger charge is 2.31. The first-order valence-electron chi connectivity index (χ1n) is 17.0. The number of anilines is 1. The van der Waals surface area contributed by atoms with Crippen molar-refractivity contribution < 1.29 is 38.8 Å². The SMILES string of the molecule is CC(CCOCCN)Oc1ccc(NC(=O)c2c(-c3ccccc3)c(-c3ccc(F)cc3)n(CC[C@@H](O)C[C@@H](O)CC(=O)O)c2C(C)C)cc1. The number of carboxylic acids is 1. The van der Waals surface area contributed by atoms with Gasteiger partial charge in [0.05, 0.1) is 49.2 Å². The standard InChI is InChI=1S/C39H48FN3O7/c1-25(2)37-36(39(48)42-30-13-15-33(16-14-30)50-26(3)18-21-49-22-19-41)35(27-7-5-4-6-8-27)38(28-9-11-29(40)12-10-28)43(37)20-17-31(44)23-32(45)24-34(46)47/h4-16,25-26,31-32,44-45H,17-24,41H2,1-3H3,(H,42,48)(H,46,47)/t26?,31-,32-/m1/s1. The van der Waals surface area contributed by atoms with Crippen LogP contribution in [-0.4, -0.2) is 69.8 Å². The Labute approximate surface area is 292 Å². The molecule has 50 heavy (non-hydrogen) atoms. The van der Waals surface area contributed by atoms with Gasteiger partial charge in [-0.05, 0) is 85.3 Å². The fourth-order valence-electron chi connectivity index (χ4n) is 6.02. The smallest absolute Gasteiger partial charge is 0.305 e. The molecule has 3 aromatic carbocycles. The topological polar surface area (TPSA) is 156 Å². The Balaban J connectivity index is 1.73. The third kappa shape index (κ3) is 10.5. The van der Waals surface area contributed by atoms with Gasteiger partial charge in [0.2, 0.25) is 0 Å². The summed E-state index contributed by atoms with van der Waals surface area (Å²) in [5, 5.41) is 33.1. The van der Waals surface area contributed by atoms with E-state index >= 15 is 0 Å². The van der Waals surface area contributed by atoms with E-state index in [0.717, 1.165) is 5.56 Å². The van der Waals surface area contributed by atoms with Gasteiger partial charge in [0.25, 0.3) is 5.91 Å². The number of carbonyl (C=O) groups excluding carboxylic acids is 1. The van der Waals surface area contributed by atoms with Crippen LogP contribution in [0, 0.1) is 5.82 Å². The molecule has 0 saturated carbocycles. The van der Waals surface area contributed by atoms with Gasteiger partial charge in [-0.25, -0.2) is 4.39 Å². The van der Waals surface area contributed by atoms with E-state index in [4.69, 9.17) is 20.3 Å². The van der Waals surface area contributed by atoms with Crippen LogP contribution in [0.15, 0.2) is 78.9 Å². The Morgan fingerprint density at radius 2 is 1.56 bits per heavy atom. The Bertz CT molecular complexity index is 1670. The van der Waals surface area contributed by atoms with Crippen molar-refractivity contribution in [2.45, 2.75) is 77.2 Å². The predicted octanol–water partition coefficient (Wildman–Crippen LogP) is 6.45. The number of rotatable bonds is 19. The van der Waals surface area contributed by atoms with Gasteiger partial charge in [0.15, 0.2) is 0 Å². The molecule has 1 unspecified atom stereocenters. The summed E-state index contributed by atoms with van der Waals surface area (Å²) in [5.74, 6) is -1.40. The van der Waals surface area contributed by atoms with Crippen LogP contribution in [0.5, 0.6) is 5.75 Å². The molecule has 0 fully saturated rings. The molecule has 1 heterocycles. The summed E-state index contributed by atoms with van der Waals surface area (Å²) in [6.45, 7) is 7.67. The van der Waals surface area contributed by atoms with Crippen molar-refractivity contribution in [3.05, 3.63) is 95.9 Å². The van der Waals surface area contributed by atoms with Crippen molar-refractivity contribution in [2.24, 2.45) is 5.73 Å². The molecule has 4 rings (SSSR count). The van der Waals surface area contributed by atoms with Gasteiger partial charge in [-0.15, -0.1) is 0 Å². The molecular formula is C39H48FN3O7. The van der Waals surface area contributed by atoms with Gasteiger partial charge in [-0.2, -0.15) is 0 Å². The Morgan fingerprint density at radius 3 is 2.18 bits per heavy atom. The number of ether oxygens (including phenoxy) is 2. The van der Waals surface area contributed by atoms with Gasteiger partial charge in [-0.1, -0.05) is 44.2 Å². The second-order valence-corrected chi connectivity index (χ2v) is 12.7. The fraction of sp³-hybridized carbons (Fsp3) is 0.385. The number of nitrogens with two attached hydrogens (primary N) is 1. The lowest BCUT2D eigenvalue weighted by molar-refractivity contribution is -0.139. The summed E-state index contributed by atoms with van der Waals surface area (Å²) in [5.41, 5.74) is 9.98. The van der Waals surface area contributed by atoms with E-state index in [1.807, 2.05) is 55.7 Å². The summed E-state index contributed by atoms with van der Waals surface area (Å²) in [4.78, 5) is 25.5. The summed E-state index contributed by atoms with van der Waals surface area (Å²) < 4.78 is 27.6. The lowest BCUT2D eigenvalue weighted by Crippen LogP contribution is -2.22. The molecular weight excluding hydrogens is 641 g/mol. The van der Waals surface area contributed by atoms with Crippen molar-refractivity contribution in [2.75, 3.05) is 25.1 Å². The first-order valence-corrected chi connectivity index (χ1v) is 17.0. The number of aromatic nitrogens is 1. The molecule has 0 aliphatic heterocycles. The van der Waals surface area contributed by atoms with Crippen LogP contribution < -0.4 is 15.8 Å². The van der Waals surface area contributed by atoms with E-state index in [2.05, 4.69) is 5.32 Å². The Kier molecular flexibility index (Phi) is 14.1. The minimum Gasteiger partial charge on any atom is -0.491 e. The summed E-state index contributed by atoms with van der Waals surface area (Å²) in [6.07, 6.45) is -2.01.